The van der Waals surface area contributed by atoms with Crippen LogP contribution in [0.3, 0.4) is 0 Å². The number of amides is 1. The lowest BCUT2D eigenvalue weighted by molar-refractivity contribution is 0.0973. The van der Waals surface area contributed by atoms with Crippen molar-refractivity contribution in [2.24, 2.45) is 0 Å². The van der Waals surface area contributed by atoms with E-state index >= 15 is 0 Å². The number of benzene rings is 3. The average Bonchev–Trinajstić information content (AvgIpc) is 3.12. The maximum absolute atomic E-state index is 12.7. The van der Waals surface area contributed by atoms with E-state index < -0.39 is 0 Å². The van der Waals surface area contributed by atoms with Crippen LogP contribution in [0, 0.1) is 0 Å². The van der Waals surface area contributed by atoms with Crippen LogP contribution in [-0.4, -0.2) is 15.9 Å². The van der Waals surface area contributed by atoms with Crippen molar-refractivity contribution >= 4 is 44.6 Å². The molecule has 1 aromatic heterocycles. The zero-order chi connectivity index (χ0) is 18.6. The summed E-state index contributed by atoms with van der Waals surface area (Å²) in [4.78, 5) is 20.6. The molecule has 0 unspecified atom stereocenters. The van der Waals surface area contributed by atoms with Crippen LogP contribution in [0.25, 0.3) is 22.8 Å². The van der Waals surface area contributed by atoms with E-state index in [0.717, 1.165) is 21.1 Å². The third-order valence-corrected chi connectivity index (χ3v) is 4.58. The predicted octanol–water partition coefficient (Wildman–Crippen LogP) is 5.25. The van der Waals surface area contributed by atoms with Gasteiger partial charge in [0.1, 0.15) is 0 Å². The summed E-state index contributed by atoms with van der Waals surface area (Å²) in [5.74, 6) is 0.428. The largest absolute Gasteiger partial charge is 0.337 e. The Bertz CT molecular complexity index is 1100. The molecule has 0 saturated carbocycles. The quantitative estimate of drug-likeness (QED) is 0.476. The molecule has 4 rings (SSSR count). The first-order valence-corrected chi connectivity index (χ1v) is 9.27. The summed E-state index contributed by atoms with van der Waals surface area (Å²) in [5.41, 5.74) is 3.92. The fourth-order valence-corrected chi connectivity index (χ4v) is 3.21. The number of hydrogen-bond donors (Lipinski definition) is 2. The molecule has 0 aliphatic rings. The minimum Gasteiger partial charge on any atom is -0.337 e. The van der Waals surface area contributed by atoms with Crippen molar-refractivity contribution < 1.29 is 4.79 Å². The van der Waals surface area contributed by atoms with Crippen LogP contribution in [0.1, 0.15) is 21.7 Å². The Morgan fingerprint density at radius 3 is 2.52 bits per heavy atom. The molecule has 0 aliphatic heterocycles. The first-order chi connectivity index (χ1) is 13.2. The van der Waals surface area contributed by atoms with Crippen molar-refractivity contribution in [3.63, 3.8) is 0 Å². The van der Waals surface area contributed by atoms with Gasteiger partial charge in [0.15, 0.2) is 5.82 Å². The number of H-pyrrole nitrogens is 1. The second-order valence-electron chi connectivity index (χ2n) is 6.04. The van der Waals surface area contributed by atoms with E-state index in [4.69, 9.17) is 0 Å². The summed E-state index contributed by atoms with van der Waals surface area (Å²) in [7, 11) is 0. The minimum absolute atomic E-state index is 0.183. The van der Waals surface area contributed by atoms with Crippen molar-refractivity contribution in [1.29, 1.82) is 0 Å². The zero-order valence-electron chi connectivity index (χ0n) is 14.3. The van der Waals surface area contributed by atoms with E-state index in [1.807, 2.05) is 72.8 Å². The Hall–Kier alpha value is -3.18. The molecular formula is C22H16BrN3O. The molecule has 4 nitrogen and oxygen atoms in total. The fraction of sp³-hybridized carbons (Fsp3) is 0. The predicted molar refractivity (Wildman–Crippen MR) is 112 cm³/mol. The van der Waals surface area contributed by atoms with E-state index in [0.29, 0.717) is 17.1 Å². The topological polar surface area (TPSA) is 57.8 Å². The van der Waals surface area contributed by atoms with E-state index in [1.54, 1.807) is 12.1 Å². The molecular weight excluding hydrogens is 402 g/mol. The number of aromatic amines is 1. The van der Waals surface area contributed by atoms with Crippen LogP contribution in [0.5, 0.6) is 0 Å². The molecule has 0 aliphatic carbocycles. The molecule has 27 heavy (non-hydrogen) atoms. The molecule has 4 aromatic rings. The second kappa shape index (κ2) is 7.60. The smallest absolute Gasteiger partial charge is 0.255 e. The number of aromatic nitrogens is 2. The highest BCUT2D eigenvalue weighted by Crippen LogP contribution is 2.20. The van der Waals surface area contributed by atoms with E-state index in [-0.39, 0.29) is 5.91 Å². The normalized spacial score (nSPS) is 11.5. The molecule has 0 spiro atoms. The third kappa shape index (κ3) is 3.99. The highest BCUT2D eigenvalue weighted by atomic mass is 79.9. The maximum atomic E-state index is 12.7. The lowest BCUT2D eigenvalue weighted by atomic mass is 10.1. The highest BCUT2D eigenvalue weighted by Gasteiger charge is 2.13. The fourth-order valence-electron chi connectivity index (χ4n) is 2.79. The second-order valence-corrected chi connectivity index (χ2v) is 6.95. The number of para-hydroxylation sites is 2. The van der Waals surface area contributed by atoms with Gasteiger partial charge in [0.2, 0.25) is 0 Å². The molecule has 0 radical (unpaired) electrons. The van der Waals surface area contributed by atoms with Crippen LogP contribution >= 0.6 is 15.9 Å². The number of halogens is 1. The molecule has 2 N–H and O–H groups in total. The van der Waals surface area contributed by atoms with Gasteiger partial charge >= 0.3 is 0 Å². The first kappa shape index (κ1) is 17.2. The van der Waals surface area contributed by atoms with Gasteiger partial charge in [-0.2, -0.15) is 0 Å². The number of carbonyl (C=O) groups is 1. The SMILES string of the molecule is O=C(N/C(=C\c1cccc(Br)c1)c1nc2ccccc2[nH]1)c1ccccc1. The van der Waals surface area contributed by atoms with Gasteiger partial charge in [0.05, 0.1) is 16.7 Å². The minimum atomic E-state index is -0.183. The number of hydrogen-bond acceptors (Lipinski definition) is 2. The van der Waals surface area contributed by atoms with Crippen molar-refractivity contribution in [2.45, 2.75) is 0 Å². The first-order valence-electron chi connectivity index (χ1n) is 8.48. The van der Waals surface area contributed by atoms with Crippen LogP contribution in [0.2, 0.25) is 0 Å². The standard InChI is InChI=1S/C22H16BrN3O/c23-17-10-6-7-15(13-17)14-20(26-22(27)16-8-2-1-3-9-16)21-24-18-11-4-5-12-19(18)25-21/h1-14H,(H,24,25)(H,26,27)/b20-14-. The van der Waals surface area contributed by atoms with Gasteiger partial charge in [-0.25, -0.2) is 4.98 Å². The summed E-state index contributed by atoms with van der Waals surface area (Å²) >= 11 is 3.48. The van der Waals surface area contributed by atoms with Gasteiger partial charge in [0.25, 0.3) is 5.91 Å². The van der Waals surface area contributed by atoms with Crippen molar-refractivity contribution in [3.05, 3.63) is 100 Å². The Balaban J connectivity index is 1.76. The third-order valence-electron chi connectivity index (χ3n) is 4.09. The highest BCUT2D eigenvalue weighted by molar-refractivity contribution is 9.10. The van der Waals surface area contributed by atoms with Gasteiger partial charge in [0, 0.05) is 10.0 Å². The van der Waals surface area contributed by atoms with Crippen molar-refractivity contribution in [1.82, 2.24) is 15.3 Å². The zero-order valence-corrected chi connectivity index (χ0v) is 15.9. The Kier molecular flexibility index (Phi) is 4.85. The molecule has 1 heterocycles. The number of rotatable bonds is 4. The number of nitrogens with one attached hydrogen (secondary N) is 2. The Labute approximate surface area is 165 Å². The Morgan fingerprint density at radius 1 is 0.963 bits per heavy atom. The van der Waals surface area contributed by atoms with Gasteiger partial charge < -0.3 is 10.3 Å². The molecule has 132 valence electrons. The van der Waals surface area contributed by atoms with Crippen molar-refractivity contribution in [3.8, 4) is 0 Å². The lowest BCUT2D eigenvalue weighted by Gasteiger charge is -2.08. The van der Waals surface area contributed by atoms with E-state index in [2.05, 4.69) is 31.2 Å². The number of carbonyl (C=O) groups excluding carboxylic acids is 1. The van der Waals surface area contributed by atoms with Crippen molar-refractivity contribution in [2.75, 3.05) is 0 Å². The summed E-state index contributed by atoms with van der Waals surface area (Å²) in [5, 5.41) is 2.99. The average molecular weight is 418 g/mol. The lowest BCUT2D eigenvalue weighted by Crippen LogP contribution is -2.22. The molecule has 0 fully saturated rings. The maximum Gasteiger partial charge on any atom is 0.255 e. The van der Waals surface area contributed by atoms with Crippen LogP contribution < -0.4 is 5.32 Å². The summed E-state index contributed by atoms with van der Waals surface area (Å²) in [6.07, 6.45) is 1.91. The van der Waals surface area contributed by atoms with E-state index in [1.165, 1.54) is 0 Å². The van der Waals surface area contributed by atoms with Gasteiger partial charge in [-0.1, -0.05) is 58.4 Å². The summed E-state index contributed by atoms with van der Waals surface area (Å²) in [6, 6.07) is 24.8. The van der Waals surface area contributed by atoms with Crippen LogP contribution in [-0.2, 0) is 0 Å². The van der Waals surface area contributed by atoms with E-state index in [9.17, 15) is 4.79 Å². The number of fused-ring (bicyclic) bond motifs is 1. The number of nitrogens with zero attached hydrogens (tertiary/aromatic N) is 1. The molecule has 0 atom stereocenters. The van der Waals surface area contributed by atoms with Gasteiger partial charge in [-0.05, 0) is 48.0 Å². The summed E-state index contributed by atoms with van der Waals surface area (Å²) in [6.45, 7) is 0. The molecule has 5 heteroatoms. The van der Waals surface area contributed by atoms with Crippen LogP contribution in [0.4, 0.5) is 0 Å². The van der Waals surface area contributed by atoms with Crippen LogP contribution in [0.15, 0.2) is 83.3 Å². The molecule has 1 amide bonds. The van der Waals surface area contributed by atoms with Gasteiger partial charge in [-0.3, -0.25) is 4.79 Å². The molecule has 0 bridgehead atoms. The monoisotopic (exact) mass is 417 g/mol. The molecule has 3 aromatic carbocycles. The number of imidazole rings is 1. The molecule has 0 saturated heterocycles. The Morgan fingerprint density at radius 2 is 1.74 bits per heavy atom. The summed E-state index contributed by atoms with van der Waals surface area (Å²) < 4.78 is 0.967. The van der Waals surface area contributed by atoms with Gasteiger partial charge in [-0.15, -0.1) is 0 Å².